The van der Waals surface area contributed by atoms with Gasteiger partial charge in [0.25, 0.3) is 0 Å². The molecule has 0 radical (unpaired) electrons. The van der Waals surface area contributed by atoms with Crippen molar-refractivity contribution in [3.05, 3.63) is 89.5 Å². The van der Waals surface area contributed by atoms with E-state index >= 15 is 0 Å². The molecule has 0 bridgehead atoms. The fraction of sp³-hybridized carbons (Fsp3) is 0.500. The minimum atomic E-state index is -4.61. The molecular weight excluding hydrogens is 630 g/mol. The highest BCUT2D eigenvalue weighted by Crippen LogP contribution is 2.51. The van der Waals surface area contributed by atoms with Crippen LogP contribution >= 0.6 is 0 Å². The van der Waals surface area contributed by atoms with Crippen molar-refractivity contribution in [3.8, 4) is 0 Å². The summed E-state index contributed by atoms with van der Waals surface area (Å²) < 4.78 is 87.1. The minimum Gasteiger partial charge on any atom is -0.364 e. The minimum absolute atomic E-state index is 0.0924. The Kier molecular flexibility index (Phi) is 8.92. The van der Waals surface area contributed by atoms with E-state index in [1.807, 2.05) is 32.6 Å². The van der Waals surface area contributed by atoms with Crippen molar-refractivity contribution in [2.45, 2.75) is 97.5 Å². The van der Waals surface area contributed by atoms with Gasteiger partial charge in [0.15, 0.2) is 5.71 Å². The van der Waals surface area contributed by atoms with E-state index < -0.39 is 51.2 Å². The molecule has 3 aromatic carbocycles. The van der Waals surface area contributed by atoms with E-state index in [0.717, 1.165) is 12.1 Å². The summed E-state index contributed by atoms with van der Waals surface area (Å²) in [5.74, 6) is 0.499. The number of halogens is 6. The molecule has 2 aliphatic rings. The smallest absolute Gasteiger partial charge is 0.364 e. The van der Waals surface area contributed by atoms with Crippen LogP contribution in [-0.2, 0) is 23.2 Å². The molecule has 0 spiro atoms. The molecule has 48 heavy (non-hydrogen) atoms. The molecule has 2 heterocycles. The molecule has 0 aromatic heterocycles. The van der Waals surface area contributed by atoms with E-state index in [1.165, 1.54) is 24.3 Å². The van der Waals surface area contributed by atoms with Crippen LogP contribution in [-0.4, -0.2) is 29.4 Å². The first-order chi connectivity index (χ1) is 22.1. The van der Waals surface area contributed by atoms with Gasteiger partial charge in [-0.15, -0.1) is 0 Å². The van der Waals surface area contributed by atoms with Crippen LogP contribution in [0.25, 0.3) is 12.2 Å². The van der Waals surface area contributed by atoms with Gasteiger partial charge in [0.2, 0.25) is 16.5 Å². The van der Waals surface area contributed by atoms with Crippen molar-refractivity contribution in [2.75, 3.05) is 18.0 Å². The second-order valence-corrected chi connectivity index (χ2v) is 15.1. The van der Waals surface area contributed by atoms with E-state index in [9.17, 15) is 35.9 Å². The number of anilines is 1. The average Bonchev–Trinajstić information content (AvgIpc) is 3.33. The van der Waals surface area contributed by atoms with Crippen LogP contribution in [0.15, 0.2) is 46.0 Å². The fourth-order valence-electron chi connectivity index (χ4n) is 7.49. The van der Waals surface area contributed by atoms with Crippen LogP contribution < -0.4 is 26.2 Å². The van der Waals surface area contributed by atoms with Gasteiger partial charge < -0.3 is 4.90 Å². The SMILES string of the molecule is CC(C)CCN1c2cccc(C(F)(F)F)c2C(C)(C)C1C=c1c(=O)c(=CC2=[N+](CCC(C)C)c3cccc(C(F)(F)F)c3C2(C)C)c1=O. The lowest BCUT2D eigenvalue weighted by Gasteiger charge is -2.33. The molecule has 0 saturated carbocycles. The number of hydrogen-bond acceptors (Lipinski definition) is 3. The standard InChI is InChI=1S/C38H43F6N2O2/c1-21(2)15-17-45-27-13-9-11-25(37(39,40)41)31(27)35(5,6)29(45)19-23-33(47)24(34(23)48)20-30-36(7,8)32-26(38(42,43)44)12-10-14-28(32)46(30)18-16-22(3)4/h9-14,19-22,29H,15-18H2,1-8H3/q+1. The Hall–Kier alpha value is -3.69. The van der Waals surface area contributed by atoms with E-state index in [-0.39, 0.29) is 33.4 Å². The Morgan fingerprint density at radius 3 is 1.88 bits per heavy atom. The maximum Gasteiger partial charge on any atom is 0.416 e. The number of fused-ring (bicyclic) bond motifs is 2. The highest BCUT2D eigenvalue weighted by atomic mass is 19.4. The molecule has 2 aliphatic heterocycles. The second kappa shape index (κ2) is 12.0. The zero-order valence-electron chi connectivity index (χ0n) is 28.7. The topological polar surface area (TPSA) is 40.4 Å². The summed E-state index contributed by atoms with van der Waals surface area (Å²) >= 11 is 0. The predicted molar refractivity (Wildman–Crippen MR) is 178 cm³/mol. The van der Waals surface area contributed by atoms with Crippen LogP contribution in [0.4, 0.5) is 37.7 Å². The summed E-state index contributed by atoms with van der Waals surface area (Å²) in [6.07, 6.45) is -4.93. The molecule has 1 atom stereocenters. The molecule has 3 aromatic rings. The average molecular weight is 674 g/mol. The molecule has 0 aliphatic carbocycles. The van der Waals surface area contributed by atoms with Crippen LogP contribution in [0.1, 0.15) is 90.5 Å². The zero-order chi connectivity index (χ0) is 35.7. The number of hydrogen-bond donors (Lipinski definition) is 0. The molecule has 10 heteroatoms. The molecule has 0 amide bonds. The van der Waals surface area contributed by atoms with Gasteiger partial charge >= 0.3 is 12.4 Å². The highest BCUT2D eigenvalue weighted by molar-refractivity contribution is 6.15. The third-order valence-electron chi connectivity index (χ3n) is 10.0. The van der Waals surface area contributed by atoms with Gasteiger partial charge in [-0.3, -0.25) is 9.59 Å². The van der Waals surface area contributed by atoms with Gasteiger partial charge in [-0.05, 0) is 61.9 Å². The van der Waals surface area contributed by atoms with Crippen LogP contribution in [0, 0.1) is 11.8 Å². The van der Waals surface area contributed by atoms with Crippen LogP contribution in [0.3, 0.4) is 0 Å². The van der Waals surface area contributed by atoms with E-state index in [0.29, 0.717) is 43.0 Å². The van der Waals surface area contributed by atoms with Gasteiger partial charge in [0.1, 0.15) is 6.54 Å². The maximum atomic E-state index is 14.2. The molecule has 0 N–H and O–H groups in total. The first kappa shape index (κ1) is 35.6. The summed E-state index contributed by atoms with van der Waals surface area (Å²) in [5.41, 5.74) is -3.45. The van der Waals surface area contributed by atoms with E-state index in [2.05, 4.69) is 0 Å². The van der Waals surface area contributed by atoms with Crippen molar-refractivity contribution < 1.29 is 30.9 Å². The van der Waals surface area contributed by atoms with Gasteiger partial charge in [-0.2, -0.15) is 30.9 Å². The monoisotopic (exact) mass is 673 g/mol. The summed E-state index contributed by atoms with van der Waals surface area (Å²) in [6, 6.07) is 7.43. The Morgan fingerprint density at radius 1 is 0.792 bits per heavy atom. The van der Waals surface area contributed by atoms with Crippen LogP contribution in [0.5, 0.6) is 0 Å². The van der Waals surface area contributed by atoms with Crippen molar-refractivity contribution in [1.29, 1.82) is 0 Å². The maximum absolute atomic E-state index is 14.2. The quantitative estimate of drug-likeness (QED) is 0.188. The largest absolute Gasteiger partial charge is 0.416 e. The Labute approximate surface area is 276 Å². The predicted octanol–water partition coefficient (Wildman–Crippen LogP) is 7.22. The molecule has 5 rings (SSSR count). The van der Waals surface area contributed by atoms with Crippen molar-refractivity contribution in [1.82, 2.24) is 0 Å². The molecule has 4 nitrogen and oxygen atoms in total. The van der Waals surface area contributed by atoms with Gasteiger partial charge in [-0.1, -0.05) is 53.7 Å². The lowest BCUT2D eigenvalue weighted by Crippen LogP contribution is -2.66. The summed E-state index contributed by atoms with van der Waals surface area (Å²) in [4.78, 5) is 29.4. The molecule has 1 unspecified atom stereocenters. The number of benzene rings is 2. The number of rotatable bonds is 8. The fourth-order valence-corrected chi connectivity index (χ4v) is 7.49. The number of alkyl halides is 6. The van der Waals surface area contributed by atoms with Gasteiger partial charge in [0, 0.05) is 36.2 Å². The van der Waals surface area contributed by atoms with Gasteiger partial charge in [-0.25, -0.2) is 0 Å². The molecule has 0 saturated heterocycles. The Bertz CT molecular complexity index is 1940. The summed E-state index contributed by atoms with van der Waals surface area (Å²) in [6.45, 7) is 15.6. The van der Waals surface area contributed by atoms with E-state index in [4.69, 9.17) is 0 Å². The zero-order valence-corrected chi connectivity index (χ0v) is 28.7. The van der Waals surface area contributed by atoms with Crippen LogP contribution in [0.2, 0.25) is 0 Å². The van der Waals surface area contributed by atoms with Gasteiger partial charge in [0.05, 0.1) is 38.6 Å². The lowest BCUT2D eigenvalue weighted by molar-refractivity contribution is -0.438. The number of nitrogens with zero attached hydrogens (tertiary/aromatic N) is 2. The van der Waals surface area contributed by atoms with Crippen molar-refractivity contribution in [3.63, 3.8) is 0 Å². The van der Waals surface area contributed by atoms with E-state index in [1.54, 1.807) is 44.4 Å². The highest BCUT2D eigenvalue weighted by Gasteiger charge is 2.51. The Balaban J connectivity index is 1.68. The molecule has 0 fully saturated rings. The molecular formula is C38H43F6N2O2+. The van der Waals surface area contributed by atoms with Crippen molar-refractivity contribution in [2.24, 2.45) is 11.8 Å². The first-order valence-corrected chi connectivity index (χ1v) is 16.5. The summed E-state index contributed by atoms with van der Waals surface area (Å²) in [7, 11) is 0. The molecule has 258 valence electrons. The third-order valence-corrected chi connectivity index (χ3v) is 10.0. The lowest BCUT2D eigenvalue weighted by atomic mass is 9.77. The third kappa shape index (κ3) is 5.93. The Morgan fingerprint density at radius 2 is 1.33 bits per heavy atom. The second-order valence-electron chi connectivity index (χ2n) is 15.1. The van der Waals surface area contributed by atoms with Crippen molar-refractivity contribution >= 4 is 29.2 Å². The first-order valence-electron chi connectivity index (χ1n) is 16.5. The summed E-state index contributed by atoms with van der Waals surface area (Å²) in [5, 5.41) is -0.257. The normalized spacial score (nSPS) is 18.7.